The Hall–Kier alpha value is -0.770. The van der Waals surface area contributed by atoms with Gasteiger partial charge in [-0.3, -0.25) is 0 Å². The van der Waals surface area contributed by atoms with Gasteiger partial charge in [0.15, 0.2) is 0 Å². The van der Waals surface area contributed by atoms with Crippen LogP contribution < -0.4 is 5.73 Å². The normalized spacial score (nSPS) is 27.0. The minimum Gasteiger partial charge on any atom is -0.438 e. The first-order chi connectivity index (χ1) is 6.77. The topological polar surface area (TPSA) is 61.5 Å². The van der Waals surface area contributed by atoms with Crippen molar-refractivity contribution in [1.82, 2.24) is 0 Å². The summed E-state index contributed by atoms with van der Waals surface area (Å²) in [6, 6.07) is 0. The second-order valence-corrected chi connectivity index (χ2v) is 3.81. The number of rotatable bonds is 3. The van der Waals surface area contributed by atoms with Crippen LogP contribution in [-0.4, -0.2) is 26.4 Å². The highest BCUT2D eigenvalue weighted by atomic mass is 16.7. The Labute approximate surface area is 84.7 Å². The molecule has 0 aromatic carbocycles. The fraction of sp³-hybridized carbons (Fsp3) is 0.900. The SMILES string of the molecule is COC(=O)OCC1CCCCC1CN. The molecule has 2 atom stereocenters. The number of carbonyl (C=O) groups is 1. The van der Waals surface area contributed by atoms with Crippen molar-refractivity contribution in [3.8, 4) is 0 Å². The molecule has 0 aliphatic heterocycles. The Kier molecular flexibility index (Phi) is 4.73. The van der Waals surface area contributed by atoms with Crippen LogP contribution in [-0.2, 0) is 9.47 Å². The Morgan fingerprint density at radius 3 is 2.57 bits per heavy atom. The van der Waals surface area contributed by atoms with Crippen LogP contribution >= 0.6 is 0 Å². The molecular formula is C10H19NO3. The lowest BCUT2D eigenvalue weighted by Gasteiger charge is -2.29. The number of ether oxygens (including phenoxy) is 2. The molecule has 0 aromatic heterocycles. The lowest BCUT2D eigenvalue weighted by atomic mass is 9.80. The highest BCUT2D eigenvalue weighted by Gasteiger charge is 2.25. The van der Waals surface area contributed by atoms with E-state index < -0.39 is 6.16 Å². The van der Waals surface area contributed by atoms with Crippen LogP contribution in [0.3, 0.4) is 0 Å². The van der Waals surface area contributed by atoms with Crippen molar-refractivity contribution >= 4 is 6.16 Å². The van der Waals surface area contributed by atoms with Gasteiger partial charge in [-0.2, -0.15) is 0 Å². The molecule has 82 valence electrons. The number of hydrogen-bond donors (Lipinski definition) is 1. The van der Waals surface area contributed by atoms with Gasteiger partial charge in [-0.25, -0.2) is 4.79 Å². The molecule has 1 saturated carbocycles. The standard InChI is InChI=1S/C10H19NO3/c1-13-10(12)14-7-9-5-3-2-4-8(9)6-11/h8-9H,2-7,11H2,1H3. The summed E-state index contributed by atoms with van der Waals surface area (Å²) in [6.45, 7) is 1.14. The number of hydrogen-bond acceptors (Lipinski definition) is 4. The second kappa shape index (κ2) is 5.86. The molecule has 0 heterocycles. The third-order valence-electron chi connectivity index (χ3n) is 2.95. The molecule has 1 aliphatic carbocycles. The lowest BCUT2D eigenvalue weighted by Crippen LogP contribution is -2.30. The van der Waals surface area contributed by atoms with Crippen LogP contribution in [0.1, 0.15) is 25.7 Å². The van der Waals surface area contributed by atoms with E-state index in [1.54, 1.807) is 0 Å². The number of methoxy groups -OCH3 is 1. The number of carbonyl (C=O) groups excluding carboxylic acids is 1. The van der Waals surface area contributed by atoms with Gasteiger partial charge in [0.1, 0.15) is 0 Å². The zero-order valence-electron chi connectivity index (χ0n) is 8.70. The molecule has 0 bridgehead atoms. The zero-order chi connectivity index (χ0) is 10.4. The van der Waals surface area contributed by atoms with Gasteiger partial charge in [0.25, 0.3) is 0 Å². The lowest BCUT2D eigenvalue weighted by molar-refractivity contribution is 0.0434. The van der Waals surface area contributed by atoms with Crippen molar-refractivity contribution in [2.45, 2.75) is 25.7 Å². The van der Waals surface area contributed by atoms with Gasteiger partial charge in [0, 0.05) is 0 Å². The third-order valence-corrected chi connectivity index (χ3v) is 2.95. The monoisotopic (exact) mass is 201 g/mol. The van der Waals surface area contributed by atoms with Gasteiger partial charge in [-0.15, -0.1) is 0 Å². The van der Waals surface area contributed by atoms with Crippen LogP contribution in [0.2, 0.25) is 0 Å². The summed E-state index contributed by atoms with van der Waals surface area (Å²) in [6.07, 6.45) is 4.14. The molecule has 0 aromatic rings. The Balaban J connectivity index is 2.29. The molecule has 2 unspecified atom stereocenters. The summed E-state index contributed by atoms with van der Waals surface area (Å²) < 4.78 is 9.36. The van der Waals surface area contributed by atoms with Crippen molar-refractivity contribution < 1.29 is 14.3 Å². The summed E-state index contributed by atoms with van der Waals surface area (Å²) in [5.74, 6) is 0.932. The van der Waals surface area contributed by atoms with E-state index >= 15 is 0 Å². The van der Waals surface area contributed by atoms with Crippen molar-refractivity contribution in [2.24, 2.45) is 17.6 Å². The third kappa shape index (κ3) is 3.18. The first-order valence-electron chi connectivity index (χ1n) is 5.18. The molecule has 0 amide bonds. The first kappa shape index (κ1) is 11.3. The molecule has 1 aliphatic rings. The predicted octanol–water partition coefficient (Wildman–Crippen LogP) is 1.53. The average Bonchev–Trinajstić information content (AvgIpc) is 2.26. The van der Waals surface area contributed by atoms with Gasteiger partial charge in [-0.05, 0) is 31.2 Å². The van der Waals surface area contributed by atoms with E-state index in [1.807, 2.05) is 0 Å². The summed E-state index contributed by atoms with van der Waals surface area (Å²) in [4.78, 5) is 10.8. The van der Waals surface area contributed by atoms with E-state index in [1.165, 1.54) is 20.0 Å². The van der Waals surface area contributed by atoms with E-state index in [0.717, 1.165) is 12.8 Å². The maximum absolute atomic E-state index is 10.8. The number of nitrogens with two attached hydrogens (primary N) is 1. The average molecular weight is 201 g/mol. The summed E-state index contributed by atoms with van der Waals surface area (Å²) >= 11 is 0. The predicted molar refractivity (Wildman–Crippen MR) is 52.9 cm³/mol. The molecule has 14 heavy (non-hydrogen) atoms. The summed E-state index contributed by atoms with van der Waals surface area (Å²) in [5, 5.41) is 0. The molecule has 0 spiro atoms. The van der Waals surface area contributed by atoms with E-state index in [2.05, 4.69) is 4.74 Å². The van der Waals surface area contributed by atoms with E-state index in [-0.39, 0.29) is 0 Å². The van der Waals surface area contributed by atoms with Gasteiger partial charge in [0.2, 0.25) is 0 Å². The molecule has 2 N–H and O–H groups in total. The van der Waals surface area contributed by atoms with Crippen molar-refractivity contribution in [1.29, 1.82) is 0 Å². The van der Waals surface area contributed by atoms with Crippen LogP contribution in [0, 0.1) is 11.8 Å². The molecule has 0 saturated heterocycles. The van der Waals surface area contributed by atoms with Gasteiger partial charge < -0.3 is 15.2 Å². The Morgan fingerprint density at radius 1 is 1.36 bits per heavy atom. The minimum atomic E-state index is -0.591. The Morgan fingerprint density at radius 2 is 2.00 bits per heavy atom. The highest BCUT2D eigenvalue weighted by Crippen LogP contribution is 2.29. The first-order valence-corrected chi connectivity index (χ1v) is 5.18. The highest BCUT2D eigenvalue weighted by molar-refractivity contribution is 5.59. The minimum absolute atomic E-state index is 0.424. The molecule has 4 heteroatoms. The van der Waals surface area contributed by atoms with Gasteiger partial charge in [-0.1, -0.05) is 12.8 Å². The van der Waals surface area contributed by atoms with Crippen molar-refractivity contribution in [3.05, 3.63) is 0 Å². The van der Waals surface area contributed by atoms with Gasteiger partial charge in [0.05, 0.1) is 13.7 Å². The van der Waals surface area contributed by atoms with Crippen LogP contribution in [0.5, 0.6) is 0 Å². The van der Waals surface area contributed by atoms with E-state index in [4.69, 9.17) is 10.5 Å². The molecule has 1 fully saturated rings. The molecule has 4 nitrogen and oxygen atoms in total. The van der Waals surface area contributed by atoms with Gasteiger partial charge >= 0.3 is 6.16 Å². The van der Waals surface area contributed by atoms with E-state index in [0.29, 0.717) is 25.0 Å². The fourth-order valence-electron chi connectivity index (χ4n) is 2.05. The maximum Gasteiger partial charge on any atom is 0.507 e. The zero-order valence-corrected chi connectivity index (χ0v) is 8.70. The van der Waals surface area contributed by atoms with Crippen LogP contribution in [0.25, 0.3) is 0 Å². The maximum atomic E-state index is 10.8. The molecule has 1 rings (SSSR count). The Bertz CT molecular complexity index is 184. The quantitative estimate of drug-likeness (QED) is 0.703. The molecular weight excluding hydrogens is 182 g/mol. The van der Waals surface area contributed by atoms with Crippen molar-refractivity contribution in [3.63, 3.8) is 0 Å². The van der Waals surface area contributed by atoms with Crippen LogP contribution in [0.4, 0.5) is 4.79 Å². The van der Waals surface area contributed by atoms with Crippen LogP contribution in [0.15, 0.2) is 0 Å². The van der Waals surface area contributed by atoms with Crippen molar-refractivity contribution in [2.75, 3.05) is 20.3 Å². The fourth-order valence-corrected chi connectivity index (χ4v) is 2.05. The van der Waals surface area contributed by atoms with E-state index in [9.17, 15) is 4.79 Å². The summed E-state index contributed by atoms with van der Waals surface area (Å²) in [5.41, 5.74) is 5.66. The molecule has 0 radical (unpaired) electrons. The largest absolute Gasteiger partial charge is 0.507 e. The summed E-state index contributed by atoms with van der Waals surface area (Å²) in [7, 11) is 1.32. The second-order valence-electron chi connectivity index (χ2n) is 3.81. The smallest absolute Gasteiger partial charge is 0.438 e.